The van der Waals surface area contributed by atoms with Crippen LogP contribution >= 0.6 is 11.8 Å². The van der Waals surface area contributed by atoms with E-state index in [4.69, 9.17) is 0 Å². The summed E-state index contributed by atoms with van der Waals surface area (Å²) in [5.41, 5.74) is 4.51. The summed E-state index contributed by atoms with van der Waals surface area (Å²) in [4.78, 5) is 0.244. The van der Waals surface area contributed by atoms with E-state index in [-0.39, 0.29) is 4.87 Å². The third-order valence-electron chi connectivity index (χ3n) is 3.80. The van der Waals surface area contributed by atoms with E-state index in [1.165, 1.54) is 30.7 Å². The highest BCUT2D eigenvalue weighted by atomic mass is 32.2. The van der Waals surface area contributed by atoms with Crippen molar-refractivity contribution in [3.8, 4) is 0 Å². The molecule has 2 aliphatic rings. The fourth-order valence-electron chi connectivity index (χ4n) is 2.80. The largest absolute Gasteiger partial charge is 0.299 e. The molecule has 1 N–H and O–H groups in total. The van der Waals surface area contributed by atoms with E-state index in [0.29, 0.717) is 0 Å². The molecule has 2 heteroatoms. The van der Waals surface area contributed by atoms with Crippen LogP contribution in [0.5, 0.6) is 0 Å². The number of benzene rings is 1. The molecule has 1 saturated heterocycles. The van der Waals surface area contributed by atoms with Gasteiger partial charge in [0.1, 0.15) is 0 Å². The van der Waals surface area contributed by atoms with Gasteiger partial charge in [0, 0.05) is 6.54 Å². The number of nitrogens with one attached hydrogen (secondary N) is 1. The Morgan fingerprint density at radius 1 is 1.44 bits per heavy atom. The van der Waals surface area contributed by atoms with Crippen LogP contribution in [0.3, 0.4) is 0 Å². The number of rotatable bonds is 0. The Hall–Kier alpha value is -0.470. The smallest absolute Gasteiger partial charge is 0.0907 e. The minimum Gasteiger partial charge on any atom is -0.299 e. The van der Waals surface area contributed by atoms with Gasteiger partial charge in [0.25, 0.3) is 0 Å². The van der Waals surface area contributed by atoms with Gasteiger partial charge in [-0.15, -0.1) is 11.8 Å². The fraction of sp³-hybridized carbons (Fsp3) is 0.571. The summed E-state index contributed by atoms with van der Waals surface area (Å²) in [5.74, 6) is 2.10. The topological polar surface area (TPSA) is 12.0 Å². The highest BCUT2D eigenvalue weighted by Crippen LogP contribution is 2.47. The van der Waals surface area contributed by atoms with Crippen LogP contribution in [-0.4, -0.2) is 12.3 Å². The van der Waals surface area contributed by atoms with Gasteiger partial charge in [-0.25, -0.2) is 0 Å². The minimum atomic E-state index is 0.244. The molecule has 0 amide bonds. The first-order chi connectivity index (χ1) is 7.70. The Bertz CT molecular complexity index is 405. The predicted octanol–water partition coefficient (Wildman–Crippen LogP) is 3.07. The first-order valence-corrected chi connectivity index (χ1v) is 7.17. The molecular formula is C14H19NS. The molecule has 1 aromatic carbocycles. The summed E-state index contributed by atoms with van der Waals surface area (Å²) in [7, 11) is 0. The van der Waals surface area contributed by atoms with Gasteiger partial charge >= 0.3 is 0 Å². The average molecular weight is 233 g/mol. The van der Waals surface area contributed by atoms with Crippen molar-refractivity contribution >= 4 is 11.8 Å². The van der Waals surface area contributed by atoms with Crippen LogP contribution in [-0.2, 0) is 11.3 Å². The summed E-state index contributed by atoms with van der Waals surface area (Å²) < 4.78 is 0. The van der Waals surface area contributed by atoms with Crippen LogP contribution in [0, 0.1) is 12.8 Å². The number of thioether (sulfide) groups is 1. The SMILES string of the molecule is Cc1ccc2c(c1)C1(CC2)NCC(C)CS1. The van der Waals surface area contributed by atoms with Crippen LogP contribution in [0.15, 0.2) is 18.2 Å². The standard InChI is InChI=1S/C14H19NS/c1-10-3-4-12-5-6-14(13(12)7-10)15-8-11(2)9-16-14/h3-4,7,11,15H,5-6,8-9H2,1-2H3. The first kappa shape index (κ1) is 10.7. The lowest BCUT2D eigenvalue weighted by molar-refractivity contribution is 0.416. The quantitative estimate of drug-likeness (QED) is 0.739. The summed E-state index contributed by atoms with van der Waals surface area (Å²) in [5, 5.41) is 3.79. The number of aryl methyl sites for hydroxylation is 2. The Kier molecular flexibility index (Phi) is 2.52. The molecule has 1 aromatic rings. The van der Waals surface area contributed by atoms with Crippen molar-refractivity contribution in [1.82, 2.24) is 5.32 Å². The molecule has 1 spiro atoms. The maximum Gasteiger partial charge on any atom is 0.0907 e. The molecule has 0 aromatic heterocycles. The van der Waals surface area contributed by atoms with Crippen molar-refractivity contribution in [3.05, 3.63) is 34.9 Å². The molecule has 2 unspecified atom stereocenters. The van der Waals surface area contributed by atoms with E-state index >= 15 is 0 Å². The molecule has 0 radical (unpaired) electrons. The summed E-state index contributed by atoms with van der Waals surface area (Å²) >= 11 is 2.12. The lowest BCUT2D eigenvalue weighted by Gasteiger charge is -2.38. The van der Waals surface area contributed by atoms with E-state index < -0.39 is 0 Å². The number of hydrogen-bond acceptors (Lipinski definition) is 2. The van der Waals surface area contributed by atoms with Crippen molar-refractivity contribution in [2.75, 3.05) is 12.3 Å². The third kappa shape index (κ3) is 1.59. The molecule has 86 valence electrons. The second kappa shape index (κ2) is 3.78. The summed E-state index contributed by atoms with van der Waals surface area (Å²) in [6.07, 6.45) is 2.51. The van der Waals surface area contributed by atoms with Gasteiger partial charge in [-0.1, -0.05) is 30.7 Å². The normalized spacial score (nSPS) is 33.0. The fourth-order valence-corrected chi connectivity index (χ4v) is 4.26. The molecule has 3 rings (SSSR count). The van der Waals surface area contributed by atoms with Crippen LogP contribution in [0.1, 0.15) is 30.0 Å². The van der Waals surface area contributed by atoms with E-state index in [1.54, 1.807) is 11.1 Å². The Labute approximate surface area is 102 Å². The molecular weight excluding hydrogens is 214 g/mol. The van der Waals surface area contributed by atoms with Gasteiger partial charge < -0.3 is 0 Å². The van der Waals surface area contributed by atoms with Crippen LogP contribution in [0.25, 0.3) is 0 Å². The van der Waals surface area contributed by atoms with Crippen LogP contribution in [0.2, 0.25) is 0 Å². The van der Waals surface area contributed by atoms with E-state index in [9.17, 15) is 0 Å². The Morgan fingerprint density at radius 2 is 2.31 bits per heavy atom. The van der Waals surface area contributed by atoms with Crippen molar-refractivity contribution in [1.29, 1.82) is 0 Å². The number of fused-ring (bicyclic) bond motifs is 2. The maximum atomic E-state index is 3.79. The maximum absolute atomic E-state index is 3.79. The zero-order valence-electron chi connectivity index (χ0n) is 10.0. The predicted molar refractivity (Wildman–Crippen MR) is 70.8 cm³/mol. The third-order valence-corrected chi connectivity index (χ3v) is 5.59. The minimum absolute atomic E-state index is 0.244. The van der Waals surface area contributed by atoms with Gasteiger partial charge in [-0.05, 0) is 42.6 Å². The molecule has 1 aliphatic carbocycles. The molecule has 1 aliphatic heterocycles. The van der Waals surface area contributed by atoms with E-state index in [2.05, 4.69) is 49.1 Å². The Morgan fingerprint density at radius 3 is 3.06 bits per heavy atom. The van der Waals surface area contributed by atoms with Crippen molar-refractivity contribution in [2.45, 2.75) is 31.6 Å². The molecule has 16 heavy (non-hydrogen) atoms. The van der Waals surface area contributed by atoms with Crippen molar-refractivity contribution in [3.63, 3.8) is 0 Å². The van der Waals surface area contributed by atoms with Gasteiger partial charge in [-0.3, -0.25) is 5.32 Å². The second-order valence-corrected chi connectivity index (χ2v) is 6.60. The highest BCUT2D eigenvalue weighted by molar-refractivity contribution is 8.00. The highest BCUT2D eigenvalue weighted by Gasteiger charge is 2.41. The van der Waals surface area contributed by atoms with E-state index in [0.717, 1.165) is 5.92 Å². The zero-order chi connectivity index (χ0) is 11.2. The summed E-state index contributed by atoms with van der Waals surface area (Å²) in [6.45, 7) is 5.70. The van der Waals surface area contributed by atoms with Crippen LogP contribution in [0.4, 0.5) is 0 Å². The van der Waals surface area contributed by atoms with E-state index in [1.807, 2.05) is 0 Å². The average Bonchev–Trinajstić information content (AvgIpc) is 2.62. The molecule has 0 saturated carbocycles. The second-order valence-electron chi connectivity index (χ2n) is 5.28. The first-order valence-electron chi connectivity index (χ1n) is 6.19. The number of hydrogen-bond donors (Lipinski definition) is 1. The van der Waals surface area contributed by atoms with Crippen molar-refractivity contribution < 1.29 is 0 Å². The molecule has 1 fully saturated rings. The lowest BCUT2D eigenvalue weighted by Crippen LogP contribution is -2.45. The van der Waals surface area contributed by atoms with Crippen molar-refractivity contribution in [2.24, 2.45) is 5.92 Å². The van der Waals surface area contributed by atoms with Gasteiger partial charge in [0.05, 0.1) is 4.87 Å². The van der Waals surface area contributed by atoms with Gasteiger partial charge in [0.15, 0.2) is 0 Å². The zero-order valence-corrected chi connectivity index (χ0v) is 10.9. The lowest BCUT2D eigenvalue weighted by atomic mass is 10.0. The molecule has 1 heterocycles. The molecule has 2 atom stereocenters. The molecule has 1 nitrogen and oxygen atoms in total. The summed E-state index contributed by atoms with van der Waals surface area (Å²) in [6, 6.07) is 6.95. The monoisotopic (exact) mass is 233 g/mol. The van der Waals surface area contributed by atoms with Gasteiger partial charge in [0.2, 0.25) is 0 Å². The van der Waals surface area contributed by atoms with Gasteiger partial charge in [-0.2, -0.15) is 0 Å². The Balaban J connectivity index is 1.98. The molecule has 0 bridgehead atoms. The van der Waals surface area contributed by atoms with Crippen LogP contribution < -0.4 is 5.32 Å².